The number of nitrogens with one attached hydrogen (secondary N) is 2. The zero-order chi connectivity index (χ0) is 16.1. The van der Waals surface area contributed by atoms with Crippen LogP contribution >= 0.6 is 12.2 Å². The first-order valence-electron chi connectivity index (χ1n) is 6.96. The van der Waals surface area contributed by atoms with Gasteiger partial charge < -0.3 is 5.11 Å². The molecule has 0 amide bonds. The summed E-state index contributed by atoms with van der Waals surface area (Å²) in [5.74, 6) is -0.179. The van der Waals surface area contributed by atoms with Crippen molar-refractivity contribution in [3.8, 4) is 5.88 Å². The van der Waals surface area contributed by atoms with Crippen LogP contribution in [0.1, 0.15) is 31.9 Å². The van der Waals surface area contributed by atoms with Crippen molar-refractivity contribution >= 4 is 24.1 Å². The van der Waals surface area contributed by atoms with Crippen molar-refractivity contribution in [2.24, 2.45) is 5.10 Å². The van der Waals surface area contributed by atoms with Crippen LogP contribution in [0.15, 0.2) is 40.2 Å². The zero-order valence-electron chi connectivity index (χ0n) is 12.4. The van der Waals surface area contributed by atoms with Crippen molar-refractivity contribution in [1.29, 1.82) is 0 Å². The molecule has 3 N–H and O–H groups in total. The fourth-order valence-electron chi connectivity index (χ4n) is 1.94. The average molecular weight is 318 g/mol. The maximum Gasteiger partial charge on any atom is 0.264 e. The average Bonchev–Trinajstić information content (AvgIpc) is 2.51. The molecule has 2 aromatic rings. The van der Waals surface area contributed by atoms with Crippen molar-refractivity contribution in [1.82, 2.24) is 9.55 Å². The van der Waals surface area contributed by atoms with Gasteiger partial charge in [0.15, 0.2) is 4.77 Å². The Hall–Kier alpha value is -2.41. The number of H-pyrrole nitrogens is 1. The van der Waals surface area contributed by atoms with Gasteiger partial charge in [0.1, 0.15) is 5.56 Å². The minimum absolute atomic E-state index is 0.0291. The van der Waals surface area contributed by atoms with Crippen molar-refractivity contribution in [2.45, 2.75) is 26.3 Å². The van der Waals surface area contributed by atoms with E-state index in [0.717, 1.165) is 12.1 Å². The first kappa shape index (κ1) is 16.0. The van der Waals surface area contributed by atoms with E-state index >= 15 is 0 Å². The fraction of sp³-hybridized carbons (Fsp3) is 0.267. The molecule has 0 aliphatic heterocycles. The number of aromatic nitrogens is 2. The molecule has 1 heterocycles. The number of benzene rings is 1. The van der Waals surface area contributed by atoms with Gasteiger partial charge in [0.2, 0.25) is 5.88 Å². The molecule has 1 unspecified atom stereocenters. The number of rotatable bonds is 5. The van der Waals surface area contributed by atoms with Crippen LogP contribution in [0.2, 0.25) is 0 Å². The number of anilines is 1. The molecule has 1 atom stereocenters. The van der Waals surface area contributed by atoms with Crippen molar-refractivity contribution in [2.75, 3.05) is 5.43 Å². The lowest BCUT2D eigenvalue weighted by molar-refractivity contribution is 0.371. The molecule has 1 aromatic heterocycles. The highest BCUT2D eigenvalue weighted by Crippen LogP contribution is 2.20. The quantitative estimate of drug-likeness (QED) is 0.449. The van der Waals surface area contributed by atoms with E-state index in [1.165, 1.54) is 10.8 Å². The monoisotopic (exact) mass is 318 g/mol. The summed E-state index contributed by atoms with van der Waals surface area (Å²) in [5, 5.41) is 14.3. The van der Waals surface area contributed by atoms with E-state index in [1.807, 2.05) is 44.2 Å². The third-order valence-electron chi connectivity index (χ3n) is 3.35. The Bertz CT molecular complexity index is 780. The van der Waals surface area contributed by atoms with E-state index in [1.54, 1.807) is 0 Å². The van der Waals surface area contributed by atoms with Gasteiger partial charge in [0.25, 0.3) is 5.56 Å². The van der Waals surface area contributed by atoms with Gasteiger partial charge in [-0.1, -0.05) is 25.1 Å². The predicted molar refractivity (Wildman–Crippen MR) is 90.2 cm³/mol. The van der Waals surface area contributed by atoms with Gasteiger partial charge in [0.05, 0.1) is 11.9 Å². The van der Waals surface area contributed by atoms with E-state index in [2.05, 4.69) is 15.5 Å². The van der Waals surface area contributed by atoms with Crippen LogP contribution in [0.3, 0.4) is 0 Å². The van der Waals surface area contributed by atoms with Gasteiger partial charge in [-0.25, -0.2) is 0 Å². The Morgan fingerprint density at radius 1 is 1.45 bits per heavy atom. The lowest BCUT2D eigenvalue weighted by Crippen LogP contribution is -2.20. The first-order valence-corrected chi connectivity index (χ1v) is 7.37. The third kappa shape index (κ3) is 3.43. The first-order chi connectivity index (χ1) is 10.5. The van der Waals surface area contributed by atoms with Gasteiger partial charge >= 0.3 is 0 Å². The second kappa shape index (κ2) is 7.04. The van der Waals surface area contributed by atoms with Gasteiger partial charge in [-0.2, -0.15) is 5.10 Å². The second-order valence-corrected chi connectivity index (χ2v) is 5.25. The molecule has 0 spiro atoms. The van der Waals surface area contributed by atoms with E-state index in [9.17, 15) is 9.90 Å². The van der Waals surface area contributed by atoms with Crippen LogP contribution < -0.4 is 11.0 Å². The number of nitrogens with zero attached hydrogens (tertiary/aromatic N) is 2. The summed E-state index contributed by atoms with van der Waals surface area (Å²) in [5.41, 5.74) is 3.17. The van der Waals surface area contributed by atoms with Crippen LogP contribution in [-0.2, 0) is 0 Å². The number of para-hydroxylation sites is 1. The van der Waals surface area contributed by atoms with Crippen LogP contribution in [0, 0.1) is 4.77 Å². The molecule has 116 valence electrons. The molecule has 0 saturated carbocycles. The number of hydrazone groups is 1. The molecule has 2 rings (SSSR count). The van der Waals surface area contributed by atoms with Crippen LogP contribution in [0.5, 0.6) is 5.88 Å². The number of aromatic hydroxyl groups is 1. The molecule has 0 radical (unpaired) electrons. The summed E-state index contributed by atoms with van der Waals surface area (Å²) < 4.78 is 1.71. The molecule has 6 nitrogen and oxygen atoms in total. The third-order valence-corrected chi connectivity index (χ3v) is 3.64. The maximum atomic E-state index is 12.0. The molecular weight excluding hydrogens is 300 g/mol. The molecular formula is C15H18N4O2S. The smallest absolute Gasteiger partial charge is 0.264 e. The minimum Gasteiger partial charge on any atom is -0.494 e. The highest BCUT2D eigenvalue weighted by Gasteiger charge is 2.14. The summed E-state index contributed by atoms with van der Waals surface area (Å²) in [6, 6.07) is 9.28. The van der Waals surface area contributed by atoms with Gasteiger partial charge in [-0.3, -0.25) is 19.8 Å². The largest absolute Gasteiger partial charge is 0.494 e. The number of hydrogen-bond donors (Lipinski definition) is 3. The lowest BCUT2D eigenvalue weighted by atomic mass is 10.2. The Labute approximate surface area is 133 Å². The van der Waals surface area contributed by atoms with Gasteiger partial charge in [-0.15, -0.1) is 0 Å². The molecule has 1 aromatic carbocycles. The Morgan fingerprint density at radius 2 is 2.14 bits per heavy atom. The normalized spacial score (nSPS) is 12.5. The van der Waals surface area contributed by atoms with E-state index in [0.29, 0.717) is 0 Å². The summed E-state index contributed by atoms with van der Waals surface area (Å²) in [4.78, 5) is 14.5. The minimum atomic E-state index is -0.472. The number of aromatic amines is 1. The van der Waals surface area contributed by atoms with E-state index in [4.69, 9.17) is 12.2 Å². The predicted octanol–water partition coefficient (Wildman–Crippen LogP) is 3.03. The van der Waals surface area contributed by atoms with Crippen molar-refractivity contribution in [3.63, 3.8) is 0 Å². The Morgan fingerprint density at radius 3 is 2.77 bits per heavy atom. The maximum absolute atomic E-state index is 12.0. The van der Waals surface area contributed by atoms with Crippen molar-refractivity contribution < 1.29 is 5.11 Å². The van der Waals surface area contributed by atoms with E-state index in [-0.39, 0.29) is 22.3 Å². The lowest BCUT2D eigenvalue weighted by Gasteiger charge is -2.16. The van der Waals surface area contributed by atoms with Crippen LogP contribution in [0.25, 0.3) is 0 Å². The Balaban J connectivity index is 2.35. The molecule has 22 heavy (non-hydrogen) atoms. The topological polar surface area (TPSA) is 82.4 Å². The molecule has 0 aliphatic rings. The second-order valence-electron chi connectivity index (χ2n) is 4.86. The SMILES string of the molecule is CCC(C)n1c(O)c(C=NNc2ccccc2)c(=O)[nH]c1=S. The van der Waals surface area contributed by atoms with E-state index < -0.39 is 5.56 Å². The zero-order valence-corrected chi connectivity index (χ0v) is 13.2. The highest BCUT2D eigenvalue weighted by molar-refractivity contribution is 7.71. The number of hydrogen-bond acceptors (Lipinski definition) is 5. The van der Waals surface area contributed by atoms with Crippen LogP contribution in [-0.4, -0.2) is 20.9 Å². The highest BCUT2D eigenvalue weighted by atomic mass is 32.1. The fourth-order valence-corrected chi connectivity index (χ4v) is 2.30. The molecule has 7 heteroatoms. The molecule has 0 saturated heterocycles. The summed E-state index contributed by atoms with van der Waals surface area (Å²) in [6.45, 7) is 3.89. The molecule has 0 fully saturated rings. The summed E-state index contributed by atoms with van der Waals surface area (Å²) in [7, 11) is 0. The van der Waals surface area contributed by atoms with Gasteiger partial charge in [-0.05, 0) is 37.7 Å². The molecule has 0 bridgehead atoms. The molecule has 0 aliphatic carbocycles. The van der Waals surface area contributed by atoms with Crippen molar-refractivity contribution in [3.05, 3.63) is 51.0 Å². The summed E-state index contributed by atoms with van der Waals surface area (Å²) >= 11 is 5.11. The standard InChI is InChI=1S/C15H18N4O2S/c1-3-10(2)19-14(21)12(13(20)17-15(19)22)9-16-18-11-7-5-4-6-8-11/h4-10,18,21H,3H2,1-2H3,(H,17,20,22). The van der Waals surface area contributed by atoms with Gasteiger partial charge in [0, 0.05) is 6.04 Å². The Kier molecular flexibility index (Phi) is 5.11. The summed E-state index contributed by atoms with van der Waals surface area (Å²) in [6.07, 6.45) is 2.06. The van der Waals surface area contributed by atoms with Crippen LogP contribution in [0.4, 0.5) is 5.69 Å².